The fourth-order valence-electron chi connectivity index (χ4n) is 4.05. The lowest BCUT2D eigenvalue weighted by Gasteiger charge is -2.32. The van der Waals surface area contributed by atoms with E-state index in [1.165, 1.54) is 12.8 Å². The summed E-state index contributed by atoms with van der Waals surface area (Å²) < 4.78 is 2.06. The van der Waals surface area contributed by atoms with Crippen LogP contribution in [0.15, 0.2) is 54.9 Å². The second-order valence-electron chi connectivity index (χ2n) is 8.07. The number of para-hydroxylation sites is 2. The highest BCUT2D eigenvalue weighted by Crippen LogP contribution is 2.28. The number of likely N-dealkylation sites (tertiary alicyclic amines) is 1. The molecule has 2 aromatic carbocycles. The number of aromatic nitrogens is 2. The first-order valence-electron chi connectivity index (χ1n) is 10.3. The summed E-state index contributed by atoms with van der Waals surface area (Å²) in [7, 11) is 0. The average Bonchev–Trinajstić information content (AvgIpc) is 3.49. The van der Waals surface area contributed by atoms with Crippen molar-refractivity contribution in [1.82, 2.24) is 19.8 Å². The van der Waals surface area contributed by atoms with E-state index in [4.69, 9.17) is 0 Å². The van der Waals surface area contributed by atoms with Gasteiger partial charge in [-0.05, 0) is 74.5 Å². The van der Waals surface area contributed by atoms with Crippen molar-refractivity contribution in [1.29, 1.82) is 0 Å². The minimum Gasteiger partial charge on any atom is -0.339 e. The third-order valence-corrected chi connectivity index (χ3v) is 6.02. The van der Waals surface area contributed by atoms with Crippen molar-refractivity contribution in [3.05, 3.63) is 60.4 Å². The van der Waals surface area contributed by atoms with Crippen LogP contribution in [0, 0.1) is 5.92 Å². The van der Waals surface area contributed by atoms with E-state index in [0.29, 0.717) is 6.04 Å². The van der Waals surface area contributed by atoms with Crippen LogP contribution in [0.2, 0.25) is 0 Å². The smallest absolute Gasteiger partial charge is 0.253 e. The first-order valence-corrected chi connectivity index (χ1v) is 10.3. The van der Waals surface area contributed by atoms with Crippen LogP contribution in [0.4, 0.5) is 0 Å². The van der Waals surface area contributed by atoms with Gasteiger partial charge in [0.1, 0.15) is 6.33 Å². The van der Waals surface area contributed by atoms with Gasteiger partial charge in [0.05, 0.1) is 11.0 Å². The molecule has 5 nitrogen and oxygen atoms in total. The largest absolute Gasteiger partial charge is 0.339 e. The molecule has 1 saturated carbocycles. The molecule has 2 aliphatic rings. The Hall–Kier alpha value is -2.66. The fraction of sp³-hybridized carbons (Fsp3) is 0.391. The van der Waals surface area contributed by atoms with Crippen molar-refractivity contribution < 1.29 is 4.79 Å². The van der Waals surface area contributed by atoms with Crippen LogP contribution in [0.25, 0.3) is 16.7 Å². The van der Waals surface area contributed by atoms with Gasteiger partial charge in [0.25, 0.3) is 5.91 Å². The normalized spacial score (nSPS) is 17.9. The Labute approximate surface area is 165 Å². The number of amides is 1. The molecule has 1 saturated heterocycles. The number of imidazole rings is 1. The fourth-order valence-corrected chi connectivity index (χ4v) is 4.05. The van der Waals surface area contributed by atoms with E-state index in [-0.39, 0.29) is 5.91 Å². The van der Waals surface area contributed by atoms with Crippen LogP contribution in [0.1, 0.15) is 36.0 Å². The van der Waals surface area contributed by atoms with Crippen LogP contribution in [-0.4, -0.2) is 46.0 Å². The molecule has 2 fully saturated rings. The molecular formula is C23H26N4O. The van der Waals surface area contributed by atoms with Crippen molar-refractivity contribution in [3.63, 3.8) is 0 Å². The van der Waals surface area contributed by atoms with Crippen molar-refractivity contribution in [2.45, 2.75) is 31.7 Å². The van der Waals surface area contributed by atoms with Crippen molar-refractivity contribution in [3.8, 4) is 5.69 Å². The van der Waals surface area contributed by atoms with Gasteiger partial charge in [-0.2, -0.15) is 0 Å². The molecule has 28 heavy (non-hydrogen) atoms. The monoisotopic (exact) mass is 374 g/mol. The first-order chi connectivity index (χ1) is 13.8. The van der Waals surface area contributed by atoms with E-state index >= 15 is 0 Å². The van der Waals surface area contributed by atoms with Crippen molar-refractivity contribution in [2.75, 3.05) is 19.6 Å². The number of nitrogens with zero attached hydrogens (tertiary/aromatic N) is 3. The molecule has 1 aliphatic carbocycles. The average molecular weight is 374 g/mol. The van der Waals surface area contributed by atoms with Crippen LogP contribution in [-0.2, 0) is 0 Å². The summed E-state index contributed by atoms with van der Waals surface area (Å²) in [6.45, 7) is 2.84. The predicted octanol–water partition coefficient (Wildman–Crippen LogP) is 3.63. The molecule has 0 atom stereocenters. The molecule has 5 heteroatoms. The van der Waals surface area contributed by atoms with Crippen LogP contribution in [0.5, 0.6) is 0 Å². The molecule has 0 unspecified atom stereocenters. The van der Waals surface area contributed by atoms with E-state index in [0.717, 1.165) is 60.7 Å². The summed E-state index contributed by atoms with van der Waals surface area (Å²) >= 11 is 0. The standard InChI is InChI=1S/C23H26N4O/c28-23(26-13-11-19(12-14-26)24-15-17-5-6-17)18-7-9-20(10-8-18)27-16-25-21-3-1-2-4-22(21)27/h1-4,7-10,16-17,19,24H,5-6,11-15H2. The van der Waals surface area contributed by atoms with Crippen molar-refractivity contribution in [2.24, 2.45) is 5.92 Å². The molecule has 144 valence electrons. The number of benzene rings is 2. The zero-order valence-corrected chi connectivity index (χ0v) is 16.1. The lowest BCUT2D eigenvalue weighted by Crippen LogP contribution is -2.45. The quantitative estimate of drug-likeness (QED) is 0.742. The minimum atomic E-state index is 0.141. The van der Waals surface area contributed by atoms with Crippen LogP contribution >= 0.6 is 0 Å². The highest BCUT2D eigenvalue weighted by atomic mass is 16.2. The molecule has 0 spiro atoms. The van der Waals surface area contributed by atoms with E-state index < -0.39 is 0 Å². The van der Waals surface area contributed by atoms with Gasteiger partial charge >= 0.3 is 0 Å². The second kappa shape index (κ2) is 7.40. The molecule has 1 amide bonds. The zero-order valence-electron chi connectivity index (χ0n) is 16.1. The summed E-state index contributed by atoms with van der Waals surface area (Å²) in [6.07, 6.45) is 6.71. The molecule has 3 aromatic rings. The number of nitrogens with one attached hydrogen (secondary N) is 1. The van der Waals surface area contributed by atoms with E-state index in [2.05, 4.69) is 20.9 Å². The number of hydrogen-bond acceptors (Lipinski definition) is 3. The molecule has 1 aromatic heterocycles. The first kappa shape index (κ1) is 17.4. The zero-order chi connectivity index (χ0) is 18.9. The van der Waals surface area contributed by atoms with Crippen LogP contribution in [0.3, 0.4) is 0 Å². The van der Waals surface area contributed by atoms with Gasteiger partial charge in [-0.1, -0.05) is 12.1 Å². The summed E-state index contributed by atoms with van der Waals surface area (Å²) in [6, 6.07) is 16.5. The highest BCUT2D eigenvalue weighted by molar-refractivity contribution is 5.94. The minimum absolute atomic E-state index is 0.141. The summed E-state index contributed by atoms with van der Waals surface area (Å²) in [5.41, 5.74) is 3.83. The van der Waals surface area contributed by atoms with E-state index in [9.17, 15) is 4.79 Å². The van der Waals surface area contributed by atoms with Gasteiger partial charge in [0.2, 0.25) is 0 Å². The van der Waals surface area contributed by atoms with Gasteiger partial charge in [0.15, 0.2) is 0 Å². The van der Waals surface area contributed by atoms with E-state index in [1.54, 1.807) is 0 Å². The summed E-state index contributed by atoms with van der Waals surface area (Å²) in [5, 5.41) is 3.67. The molecular weight excluding hydrogens is 348 g/mol. The molecule has 2 heterocycles. The Morgan fingerprint density at radius 2 is 1.75 bits per heavy atom. The Morgan fingerprint density at radius 3 is 2.50 bits per heavy atom. The molecule has 0 radical (unpaired) electrons. The lowest BCUT2D eigenvalue weighted by atomic mass is 10.0. The third-order valence-electron chi connectivity index (χ3n) is 6.02. The van der Waals surface area contributed by atoms with Crippen molar-refractivity contribution >= 4 is 16.9 Å². The Morgan fingerprint density at radius 1 is 1.00 bits per heavy atom. The Kier molecular flexibility index (Phi) is 4.61. The number of fused-ring (bicyclic) bond motifs is 1. The maximum atomic E-state index is 12.9. The maximum Gasteiger partial charge on any atom is 0.253 e. The van der Waals surface area contributed by atoms with Gasteiger partial charge in [0, 0.05) is 30.4 Å². The number of hydrogen-bond donors (Lipinski definition) is 1. The molecule has 1 N–H and O–H groups in total. The van der Waals surface area contributed by atoms with Gasteiger partial charge < -0.3 is 10.2 Å². The van der Waals surface area contributed by atoms with Crippen LogP contribution < -0.4 is 5.32 Å². The van der Waals surface area contributed by atoms with E-state index in [1.807, 2.05) is 53.7 Å². The van der Waals surface area contributed by atoms with Gasteiger partial charge in [-0.15, -0.1) is 0 Å². The highest BCUT2D eigenvalue weighted by Gasteiger charge is 2.26. The molecule has 1 aliphatic heterocycles. The summed E-state index contributed by atoms with van der Waals surface area (Å²) in [4.78, 5) is 19.3. The Bertz CT molecular complexity index is 966. The Balaban J connectivity index is 1.23. The second-order valence-corrected chi connectivity index (χ2v) is 8.07. The maximum absolute atomic E-state index is 12.9. The van der Waals surface area contributed by atoms with Gasteiger partial charge in [-0.3, -0.25) is 9.36 Å². The number of rotatable bonds is 5. The number of piperidine rings is 1. The topological polar surface area (TPSA) is 50.2 Å². The number of carbonyl (C=O) groups is 1. The summed E-state index contributed by atoms with van der Waals surface area (Å²) in [5.74, 6) is 1.05. The third kappa shape index (κ3) is 3.54. The number of carbonyl (C=O) groups excluding carboxylic acids is 1. The molecule has 5 rings (SSSR count). The molecule has 0 bridgehead atoms. The lowest BCUT2D eigenvalue weighted by molar-refractivity contribution is 0.0705. The predicted molar refractivity (Wildman–Crippen MR) is 111 cm³/mol. The SMILES string of the molecule is O=C(c1ccc(-n2cnc3ccccc32)cc1)N1CCC(NCC2CC2)CC1. The van der Waals surface area contributed by atoms with Gasteiger partial charge in [-0.25, -0.2) is 4.98 Å².